The van der Waals surface area contributed by atoms with Crippen LogP contribution in [0.4, 0.5) is 0 Å². The lowest BCUT2D eigenvalue weighted by Gasteiger charge is -2.02. The molecule has 0 aromatic rings. The van der Waals surface area contributed by atoms with Crippen LogP contribution in [0.25, 0.3) is 0 Å². The Balaban J connectivity index is 0. The van der Waals surface area contributed by atoms with Crippen molar-refractivity contribution >= 4 is 23.7 Å². The first-order chi connectivity index (χ1) is 5.04. The van der Waals surface area contributed by atoms with Gasteiger partial charge in [0.15, 0.2) is 0 Å². The van der Waals surface area contributed by atoms with E-state index in [1.54, 1.807) is 0 Å². The monoisotopic (exact) mass is 197 g/mol. The van der Waals surface area contributed by atoms with Crippen molar-refractivity contribution in [2.45, 2.75) is 6.04 Å². The van der Waals surface area contributed by atoms with Gasteiger partial charge in [0.2, 0.25) is 0 Å². The highest BCUT2D eigenvalue weighted by molar-refractivity contribution is 8.00. The van der Waals surface area contributed by atoms with Gasteiger partial charge in [0.05, 0.1) is 5.75 Å². The highest BCUT2D eigenvalue weighted by Gasteiger charge is 2.11. The Kier molecular flexibility index (Phi) is 7.91. The maximum Gasteiger partial charge on any atom is 0.321 e. The van der Waals surface area contributed by atoms with Crippen LogP contribution in [0, 0.1) is 0 Å². The number of hydrogen-bond acceptors (Lipinski definition) is 4. The van der Waals surface area contributed by atoms with Gasteiger partial charge in [-0.2, -0.15) is 0 Å². The molecule has 0 saturated carbocycles. The van der Waals surface area contributed by atoms with Crippen LogP contribution in [0.3, 0.4) is 0 Å². The zero-order valence-electron chi connectivity index (χ0n) is 6.19. The third-order valence-electron chi connectivity index (χ3n) is 0.840. The minimum atomic E-state index is -1.11. The van der Waals surface area contributed by atoms with Crippen molar-refractivity contribution in [3.63, 3.8) is 0 Å². The predicted octanol–water partition coefficient (Wildman–Crippen LogP) is -1.61. The fourth-order valence-electron chi connectivity index (χ4n) is 0.344. The average Bonchev–Trinajstić information content (AvgIpc) is 1.86. The number of carbonyl (C=O) groups is 2. The second kappa shape index (κ2) is 6.89. The van der Waals surface area contributed by atoms with Gasteiger partial charge in [0.25, 0.3) is 0 Å². The first-order valence-corrected chi connectivity index (χ1v) is 3.97. The summed E-state index contributed by atoms with van der Waals surface area (Å²) in [6.45, 7) is 0. The van der Waals surface area contributed by atoms with Gasteiger partial charge in [0, 0.05) is 5.75 Å². The third-order valence-corrected chi connectivity index (χ3v) is 1.89. The smallest absolute Gasteiger partial charge is 0.321 e. The molecule has 0 aromatic carbocycles. The van der Waals surface area contributed by atoms with Crippen molar-refractivity contribution in [3.8, 4) is 0 Å². The fourth-order valence-corrected chi connectivity index (χ4v) is 1.03. The Hall–Kier alpha value is -0.790. The molecule has 0 rings (SSSR count). The molecule has 0 aliphatic heterocycles. The summed E-state index contributed by atoms with van der Waals surface area (Å²) >= 11 is 0.992. The van der Waals surface area contributed by atoms with Gasteiger partial charge in [-0.25, -0.2) is 0 Å². The van der Waals surface area contributed by atoms with E-state index in [0.29, 0.717) is 0 Å². The molecule has 6 nitrogen and oxygen atoms in total. The Labute approximate surface area is 73.1 Å². The number of rotatable bonds is 5. The van der Waals surface area contributed by atoms with Crippen molar-refractivity contribution in [3.05, 3.63) is 0 Å². The number of nitrogens with two attached hydrogens (primary N) is 1. The molecule has 0 amide bonds. The van der Waals surface area contributed by atoms with Crippen LogP contribution in [0.5, 0.6) is 0 Å². The number of carboxylic acid groups (broad SMARTS) is 2. The summed E-state index contributed by atoms with van der Waals surface area (Å²) in [4.78, 5) is 20.0. The lowest BCUT2D eigenvalue weighted by atomic mass is 10.4. The van der Waals surface area contributed by atoms with Crippen molar-refractivity contribution in [1.82, 2.24) is 0 Å². The minimum absolute atomic E-state index is 0. The summed E-state index contributed by atoms with van der Waals surface area (Å²) < 4.78 is 0. The largest absolute Gasteiger partial charge is 0.481 e. The summed E-state index contributed by atoms with van der Waals surface area (Å²) in [6, 6.07) is -0.973. The molecule has 0 fully saturated rings. The van der Waals surface area contributed by atoms with Gasteiger partial charge in [-0.1, -0.05) is 0 Å². The Morgan fingerprint density at radius 1 is 1.42 bits per heavy atom. The van der Waals surface area contributed by atoms with Gasteiger partial charge in [-0.3, -0.25) is 9.59 Å². The number of hydrogen-bond donors (Lipinski definition) is 3. The second-order valence-electron chi connectivity index (χ2n) is 1.85. The van der Waals surface area contributed by atoms with E-state index >= 15 is 0 Å². The van der Waals surface area contributed by atoms with Crippen LogP contribution in [0.1, 0.15) is 0 Å². The van der Waals surface area contributed by atoms with Gasteiger partial charge < -0.3 is 21.4 Å². The standard InChI is InChI=1S/C5H9NO4S.H2O/c6-3(5(9)10)1-11-2-4(7)8;/h3H,1-2,6H2,(H,7,8)(H,9,10);1H2. The second-order valence-corrected chi connectivity index (χ2v) is 2.88. The maximum atomic E-state index is 10.1. The van der Waals surface area contributed by atoms with Gasteiger partial charge in [-0.15, -0.1) is 11.8 Å². The molecule has 7 heteroatoms. The van der Waals surface area contributed by atoms with E-state index in [-0.39, 0.29) is 17.0 Å². The zero-order chi connectivity index (χ0) is 8.85. The number of thioether (sulfide) groups is 1. The summed E-state index contributed by atoms with van der Waals surface area (Å²) in [5, 5.41) is 16.4. The topological polar surface area (TPSA) is 132 Å². The van der Waals surface area contributed by atoms with Crippen LogP contribution in [-0.4, -0.2) is 45.2 Å². The van der Waals surface area contributed by atoms with E-state index in [0.717, 1.165) is 11.8 Å². The SMILES string of the molecule is NC(CSCC(=O)O)C(=O)O.O. The molecule has 6 N–H and O–H groups in total. The molecule has 1 atom stereocenters. The molecular formula is C5H11NO5S. The van der Waals surface area contributed by atoms with Crippen LogP contribution in [0.15, 0.2) is 0 Å². The fraction of sp³-hybridized carbons (Fsp3) is 0.600. The Morgan fingerprint density at radius 3 is 2.25 bits per heavy atom. The van der Waals surface area contributed by atoms with E-state index < -0.39 is 18.0 Å². The van der Waals surface area contributed by atoms with Crippen molar-refractivity contribution < 1.29 is 25.3 Å². The van der Waals surface area contributed by atoms with Gasteiger partial charge in [0.1, 0.15) is 6.04 Å². The number of carboxylic acids is 2. The molecule has 0 saturated heterocycles. The number of aliphatic carboxylic acids is 2. The van der Waals surface area contributed by atoms with Crippen LogP contribution < -0.4 is 5.73 Å². The Morgan fingerprint density at radius 2 is 1.92 bits per heavy atom. The Bertz CT molecular complexity index is 162. The maximum absolute atomic E-state index is 10.1. The highest BCUT2D eigenvalue weighted by Crippen LogP contribution is 2.00. The van der Waals surface area contributed by atoms with Gasteiger partial charge >= 0.3 is 11.9 Å². The van der Waals surface area contributed by atoms with Crippen LogP contribution >= 0.6 is 11.8 Å². The highest BCUT2D eigenvalue weighted by atomic mass is 32.2. The zero-order valence-corrected chi connectivity index (χ0v) is 7.00. The molecule has 0 aliphatic carbocycles. The lowest BCUT2D eigenvalue weighted by Crippen LogP contribution is -2.32. The first-order valence-electron chi connectivity index (χ1n) is 2.82. The molecule has 0 bridgehead atoms. The van der Waals surface area contributed by atoms with Gasteiger partial charge in [-0.05, 0) is 0 Å². The molecule has 12 heavy (non-hydrogen) atoms. The lowest BCUT2D eigenvalue weighted by molar-refractivity contribution is -0.138. The quantitative estimate of drug-likeness (QED) is 0.485. The summed E-state index contributed by atoms with van der Waals surface area (Å²) in [5.41, 5.74) is 5.09. The van der Waals surface area contributed by atoms with Crippen molar-refractivity contribution in [1.29, 1.82) is 0 Å². The molecule has 72 valence electrons. The molecule has 0 spiro atoms. The van der Waals surface area contributed by atoms with E-state index in [2.05, 4.69) is 0 Å². The van der Waals surface area contributed by atoms with E-state index in [9.17, 15) is 9.59 Å². The summed E-state index contributed by atoms with van der Waals surface area (Å²) in [7, 11) is 0. The van der Waals surface area contributed by atoms with E-state index in [4.69, 9.17) is 15.9 Å². The van der Waals surface area contributed by atoms with Crippen LogP contribution in [0.2, 0.25) is 0 Å². The first kappa shape index (κ1) is 13.8. The van der Waals surface area contributed by atoms with Crippen molar-refractivity contribution in [2.75, 3.05) is 11.5 Å². The summed E-state index contributed by atoms with van der Waals surface area (Å²) in [6.07, 6.45) is 0. The minimum Gasteiger partial charge on any atom is -0.481 e. The van der Waals surface area contributed by atoms with Crippen molar-refractivity contribution in [2.24, 2.45) is 5.73 Å². The predicted molar refractivity (Wildman–Crippen MR) is 44.2 cm³/mol. The normalized spacial score (nSPS) is 11.4. The molecule has 0 aliphatic rings. The van der Waals surface area contributed by atoms with E-state index in [1.807, 2.05) is 0 Å². The molecular weight excluding hydrogens is 186 g/mol. The average molecular weight is 197 g/mol. The molecule has 1 unspecified atom stereocenters. The third kappa shape index (κ3) is 7.32. The molecule has 0 radical (unpaired) electrons. The molecule has 0 aromatic heterocycles. The summed E-state index contributed by atoms with van der Waals surface area (Å²) in [5.74, 6) is -2.06. The van der Waals surface area contributed by atoms with E-state index in [1.165, 1.54) is 0 Å². The molecule has 0 heterocycles. The van der Waals surface area contributed by atoms with Crippen LogP contribution in [-0.2, 0) is 9.59 Å².